The summed E-state index contributed by atoms with van der Waals surface area (Å²) >= 11 is 0. The number of hydrogen-bond acceptors (Lipinski definition) is 5. The highest BCUT2D eigenvalue weighted by molar-refractivity contribution is 6.10. The van der Waals surface area contributed by atoms with Crippen LogP contribution in [0, 0.1) is 20.8 Å². The predicted molar refractivity (Wildman–Crippen MR) is 202 cm³/mol. The van der Waals surface area contributed by atoms with Crippen LogP contribution < -0.4 is 9.64 Å². The lowest BCUT2D eigenvalue weighted by Gasteiger charge is -2.26. The quantitative estimate of drug-likeness (QED) is 0.187. The van der Waals surface area contributed by atoms with E-state index >= 15 is 0 Å². The Kier molecular flexibility index (Phi) is 7.45. The number of aryl methyl sites for hydroxylation is 3. The second-order valence-electron chi connectivity index (χ2n) is 14.7. The fourth-order valence-electron chi connectivity index (χ4n) is 7.83. The molecule has 49 heavy (non-hydrogen) atoms. The number of hydrogen-bond donors (Lipinski definition) is 0. The van der Waals surface area contributed by atoms with Crippen molar-refractivity contribution in [2.75, 3.05) is 18.6 Å². The van der Waals surface area contributed by atoms with Crippen LogP contribution in [-0.4, -0.2) is 45.2 Å². The third-order valence-electron chi connectivity index (χ3n) is 10.1. The summed E-state index contributed by atoms with van der Waals surface area (Å²) in [5.41, 5.74) is 10.9. The third kappa shape index (κ3) is 5.50. The summed E-state index contributed by atoms with van der Waals surface area (Å²) in [6.45, 7) is 14.1. The second-order valence-corrected chi connectivity index (χ2v) is 14.7. The molecule has 8 rings (SSSR count). The first-order chi connectivity index (χ1) is 23.5. The van der Waals surface area contributed by atoms with Crippen LogP contribution in [-0.2, 0) is 5.41 Å². The van der Waals surface area contributed by atoms with E-state index in [0.717, 1.165) is 40.3 Å². The van der Waals surface area contributed by atoms with Crippen molar-refractivity contribution in [1.82, 2.24) is 19.4 Å². The Bertz CT molecular complexity index is 2280. The number of ether oxygens (including phenoxy) is 1. The average Bonchev–Trinajstić information content (AvgIpc) is 3.58. The molecular formula is C43H43N5O. The van der Waals surface area contributed by atoms with Gasteiger partial charge in [-0.1, -0.05) is 68.8 Å². The zero-order chi connectivity index (χ0) is 34.0. The van der Waals surface area contributed by atoms with Gasteiger partial charge in [0.25, 0.3) is 0 Å². The highest BCUT2D eigenvalue weighted by Crippen LogP contribution is 2.39. The van der Waals surface area contributed by atoms with Crippen molar-refractivity contribution in [3.63, 3.8) is 0 Å². The van der Waals surface area contributed by atoms with Gasteiger partial charge in [0.2, 0.25) is 5.88 Å². The molecule has 6 aromatic rings. The van der Waals surface area contributed by atoms with Gasteiger partial charge in [-0.15, -0.1) is 0 Å². The lowest BCUT2D eigenvalue weighted by molar-refractivity contribution is 0.353. The minimum Gasteiger partial charge on any atom is -0.439 e. The van der Waals surface area contributed by atoms with E-state index in [-0.39, 0.29) is 11.5 Å². The lowest BCUT2D eigenvalue weighted by atomic mass is 9.88. The molecule has 0 saturated carbocycles. The summed E-state index contributed by atoms with van der Waals surface area (Å²) in [6.07, 6.45) is 12.6. The summed E-state index contributed by atoms with van der Waals surface area (Å²) in [5.74, 6) is 2.19. The zero-order valence-corrected chi connectivity index (χ0v) is 29.4. The van der Waals surface area contributed by atoms with Crippen LogP contribution in [0.4, 0.5) is 5.69 Å². The molecule has 6 nitrogen and oxygen atoms in total. The molecule has 3 aromatic heterocycles. The Morgan fingerprint density at radius 3 is 2.27 bits per heavy atom. The number of nitrogens with zero attached hydrogens (tertiary/aromatic N) is 5. The molecule has 6 heteroatoms. The maximum Gasteiger partial charge on any atom is 0.221 e. The van der Waals surface area contributed by atoms with Crippen molar-refractivity contribution < 1.29 is 4.74 Å². The number of pyridine rings is 2. The van der Waals surface area contributed by atoms with E-state index in [9.17, 15) is 0 Å². The Hall–Kier alpha value is -5.20. The molecule has 2 atom stereocenters. The Balaban J connectivity index is 1.24. The molecule has 2 aliphatic rings. The maximum absolute atomic E-state index is 6.53. The summed E-state index contributed by atoms with van der Waals surface area (Å²) in [6, 6.07) is 26.8. The normalized spacial score (nSPS) is 17.7. The van der Waals surface area contributed by atoms with Crippen molar-refractivity contribution in [3.8, 4) is 28.6 Å². The first-order valence-corrected chi connectivity index (χ1v) is 17.1. The van der Waals surface area contributed by atoms with Crippen molar-refractivity contribution in [2.45, 2.75) is 59.0 Å². The molecule has 3 aromatic carbocycles. The molecule has 4 heterocycles. The van der Waals surface area contributed by atoms with Gasteiger partial charge in [-0.2, -0.15) is 0 Å². The van der Waals surface area contributed by atoms with Gasteiger partial charge in [-0.3, -0.25) is 9.47 Å². The largest absolute Gasteiger partial charge is 0.439 e. The molecule has 1 aliphatic carbocycles. The standard InChI is InChI=1S/C43H43N5O/c1-27-20-28(2)42(29(3)21-27)30-12-15-36-35(22-30)34-14-13-33(25-39(34)48(36)40-23-31(16-18-44-40)43(4,5)6)49-41-24-32(17-19-45-41)47-26-46(7)37-10-8-9-11-38(37)47/h8-25,37-38H,26H2,1-7H3. The molecule has 1 aliphatic heterocycles. The van der Waals surface area contributed by atoms with E-state index in [1.54, 1.807) is 0 Å². The van der Waals surface area contributed by atoms with Crippen LogP contribution >= 0.6 is 0 Å². The average molecular weight is 646 g/mol. The molecule has 0 radical (unpaired) electrons. The van der Waals surface area contributed by atoms with Gasteiger partial charge in [-0.05, 0) is 104 Å². The smallest absolute Gasteiger partial charge is 0.221 e. The van der Waals surface area contributed by atoms with Crippen LogP contribution in [0.25, 0.3) is 38.8 Å². The van der Waals surface area contributed by atoms with Crippen molar-refractivity contribution in [2.24, 2.45) is 0 Å². The number of likely N-dealkylation sites (N-methyl/N-ethyl adjacent to an activating group) is 1. The minimum atomic E-state index is -0.0110. The van der Waals surface area contributed by atoms with Crippen molar-refractivity contribution >= 4 is 27.5 Å². The molecule has 2 unspecified atom stereocenters. The van der Waals surface area contributed by atoms with Gasteiger partial charge >= 0.3 is 0 Å². The Labute approximate surface area is 289 Å². The maximum atomic E-state index is 6.53. The van der Waals surface area contributed by atoms with E-state index in [1.807, 2.05) is 12.4 Å². The van der Waals surface area contributed by atoms with E-state index in [1.165, 1.54) is 38.8 Å². The SMILES string of the molecule is Cc1cc(C)c(-c2ccc3c(c2)c2ccc(Oc4cc(N5CN(C)C6C=CC=CC65)ccn4)cc2n3-c2cc(C(C)(C)C)ccn2)c(C)c1. The highest BCUT2D eigenvalue weighted by atomic mass is 16.5. The van der Waals surface area contributed by atoms with Crippen LogP contribution in [0.1, 0.15) is 43.0 Å². The summed E-state index contributed by atoms with van der Waals surface area (Å²) in [5, 5.41) is 2.34. The number of aromatic nitrogens is 3. The molecule has 0 amide bonds. The summed E-state index contributed by atoms with van der Waals surface area (Å²) < 4.78 is 8.81. The zero-order valence-electron chi connectivity index (χ0n) is 29.4. The first-order valence-electron chi connectivity index (χ1n) is 17.1. The Morgan fingerprint density at radius 1 is 0.735 bits per heavy atom. The van der Waals surface area contributed by atoms with Gasteiger partial charge < -0.3 is 9.64 Å². The lowest BCUT2D eigenvalue weighted by Crippen LogP contribution is -2.34. The Morgan fingerprint density at radius 2 is 1.49 bits per heavy atom. The molecule has 0 bridgehead atoms. The van der Waals surface area contributed by atoms with Crippen LogP contribution in [0.5, 0.6) is 11.6 Å². The van der Waals surface area contributed by atoms with Crippen molar-refractivity contribution in [1.29, 1.82) is 0 Å². The van der Waals surface area contributed by atoms with E-state index in [0.29, 0.717) is 11.9 Å². The fourth-order valence-corrected chi connectivity index (χ4v) is 7.83. The minimum absolute atomic E-state index is 0.0110. The highest BCUT2D eigenvalue weighted by Gasteiger charge is 2.36. The van der Waals surface area contributed by atoms with Crippen LogP contribution in [0.15, 0.2) is 109 Å². The molecule has 0 spiro atoms. The molecule has 1 saturated heterocycles. The second kappa shape index (κ2) is 11.7. The third-order valence-corrected chi connectivity index (χ3v) is 10.1. The number of benzene rings is 3. The predicted octanol–water partition coefficient (Wildman–Crippen LogP) is 9.83. The van der Waals surface area contributed by atoms with E-state index in [4.69, 9.17) is 9.72 Å². The monoisotopic (exact) mass is 645 g/mol. The van der Waals surface area contributed by atoms with E-state index in [2.05, 4.69) is 165 Å². The molecule has 246 valence electrons. The van der Waals surface area contributed by atoms with Gasteiger partial charge in [0.05, 0.1) is 29.8 Å². The fraction of sp³-hybridized carbons (Fsp3) is 0.256. The van der Waals surface area contributed by atoms with Crippen molar-refractivity contribution in [3.05, 3.63) is 132 Å². The van der Waals surface area contributed by atoms with Gasteiger partial charge in [0.1, 0.15) is 11.6 Å². The summed E-state index contributed by atoms with van der Waals surface area (Å²) in [7, 11) is 2.17. The van der Waals surface area contributed by atoms with Crippen LogP contribution in [0.2, 0.25) is 0 Å². The molecule has 1 fully saturated rings. The number of allylic oxidation sites excluding steroid dienone is 2. The summed E-state index contributed by atoms with van der Waals surface area (Å²) in [4.78, 5) is 14.3. The number of anilines is 1. The van der Waals surface area contributed by atoms with Gasteiger partial charge in [-0.25, -0.2) is 9.97 Å². The van der Waals surface area contributed by atoms with Gasteiger partial charge in [0.15, 0.2) is 0 Å². The molecule has 0 N–H and O–H groups in total. The number of rotatable bonds is 5. The van der Waals surface area contributed by atoms with Crippen LogP contribution in [0.3, 0.4) is 0 Å². The van der Waals surface area contributed by atoms with E-state index < -0.39 is 0 Å². The number of fused-ring (bicyclic) bond motifs is 4. The van der Waals surface area contributed by atoms with Gasteiger partial charge in [0, 0.05) is 41.0 Å². The first kappa shape index (κ1) is 31.1. The topological polar surface area (TPSA) is 46.4 Å². The molecular weight excluding hydrogens is 603 g/mol.